The molecular weight excluding hydrogens is 177 g/mol. The standard InChI is InChI=1S/C2F3O6/c3-9-6-1-2(7-10-4)8-11-5. The molecule has 9 heteroatoms. The fraction of sp³-hybridized carbons (Fsp3) is 0. The molecule has 0 aliphatic heterocycles. The van der Waals surface area contributed by atoms with Crippen molar-refractivity contribution in [2.24, 2.45) is 0 Å². The van der Waals surface area contributed by atoms with E-state index in [9.17, 15) is 13.6 Å². The molecular formula is C2F3O6. The van der Waals surface area contributed by atoms with Gasteiger partial charge in [-0.25, -0.2) is 0 Å². The molecule has 65 valence electrons. The van der Waals surface area contributed by atoms with Crippen molar-refractivity contribution in [3.05, 3.63) is 12.2 Å². The maximum absolute atomic E-state index is 10.8. The van der Waals surface area contributed by atoms with Gasteiger partial charge >= 0.3 is 12.2 Å². The first-order valence-corrected chi connectivity index (χ1v) is 1.83. The Labute approximate surface area is 57.1 Å². The molecule has 0 atom stereocenters. The van der Waals surface area contributed by atoms with E-state index in [1.165, 1.54) is 6.26 Å². The average molecular weight is 177 g/mol. The van der Waals surface area contributed by atoms with Crippen LogP contribution < -0.4 is 0 Å². The van der Waals surface area contributed by atoms with Gasteiger partial charge in [0.15, 0.2) is 0 Å². The van der Waals surface area contributed by atoms with Crippen molar-refractivity contribution >= 4 is 0 Å². The van der Waals surface area contributed by atoms with Gasteiger partial charge in [-0.15, -0.1) is 0 Å². The molecule has 0 aromatic rings. The molecule has 0 saturated carbocycles. The predicted molar refractivity (Wildman–Crippen MR) is 16.6 cm³/mol. The molecule has 0 aliphatic carbocycles. The largest absolute Gasteiger partial charge is 0.409 e. The van der Waals surface area contributed by atoms with Crippen molar-refractivity contribution in [1.29, 1.82) is 0 Å². The lowest BCUT2D eigenvalue weighted by atomic mass is 11.0. The highest BCUT2D eigenvalue weighted by Crippen LogP contribution is 2.02. The smallest absolute Gasteiger partial charge is 0.292 e. The molecule has 0 saturated heterocycles. The van der Waals surface area contributed by atoms with E-state index < -0.39 is 5.95 Å². The summed E-state index contributed by atoms with van der Waals surface area (Å²) < 4.78 is 32.2. The van der Waals surface area contributed by atoms with Gasteiger partial charge in [-0.05, 0) is 13.6 Å². The lowest BCUT2D eigenvalue weighted by Gasteiger charge is -1.95. The molecule has 0 spiro atoms. The van der Waals surface area contributed by atoms with E-state index in [-0.39, 0.29) is 0 Å². The van der Waals surface area contributed by atoms with Crippen LogP contribution in [0.2, 0.25) is 0 Å². The van der Waals surface area contributed by atoms with E-state index in [4.69, 9.17) is 0 Å². The van der Waals surface area contributed by atoms with Crippen LogP contribution in [-0.4, -0.2) is 0 Å². The van der Waals surface area contributed by atoms with Gasteiger partial charge in [-0.3, -0.25) is 14.7 Å². The van der Waals surface area contributed by atoms with E-state index in [1.807, 2.05) is 0 Å². The van der Waals surface area contributed by atoms with E-state index in [0.717, 1.165) is 0 Å². The Kier molecular flexibility index (Phi) is 6.17. The Morgan fingerprint density at radius 1 is 0.909 bits per heavy atom. The van der Waals surface area contributed by atoms with Crippen molar-refractivity contribution in [1.82, 2.24) is 0 Å². The maximum Gasteiger partial charge on any atom is 0.409 e. The van der Waals surface area contributed by atoms with Crippen molar-refractivity contribution in [3.63, 3.8) is 0 Å². The summed E-state index contributed by atoms with van der Waals surface area (Å²) in [5.74, 6) is -1.23. The molecule has 0 rings (SSSR count). The molecule has 11 heavy (non-hydrogen) atoms. The second-order valence-corrected chi connectivity index (χ2v) is 0.829. The van der Waals surface area contributed by atoms with Crippen LogP contribution in [0.4, 0.5) is 13.6 Å². The second-order valence-electron chi connectivity index (χ2n) is 0.829. The summed E-state index contributed by atoms with van der Waals surface area (Å²) in [5.41, 5.74) is 0. The minimum atomic E-state index is -1.23. The molecule has 6 nitrogen and oxygen atoms in total. The van der Waals surface area contributed by atoms with Crippen molar-refractivity contribution in [3.8, 4) is 0 Å². The fourth-order valence-electron chi connectivity index (χ4n) is 0.155. The summed E-state index contributed by atoms with van der Waals surface area (Å²) in [6.07, 6.45) is 1.22. The Bertz CT molecular complexity index is 108. The highest BCUT2D eigenvalue weighted by Gasteiger charge is 2.06. The van der Waals surface area contributed by atoms with Gasteiger partial charge in [0.05, 0.1) is 0 Å². The Balaban J connectivity index is 3.66. The third-order valence-electron chi connectivity index (χ3n) is 0.371. The molecule has 0 fully saturated rings. The lowest BCUT2D eigenvalue weighted by molar-refractivity contribution is -0.494. The summed E-state index contributed by atoms with van der Waals surface area (Å²) >= 11 is 0. The van der Waals surface area contributed by atoms with E-state index in [1.54, 1.807) is 0 Å². The van der Waals surface area contributed by atoms with Crippen LogP contribution >= 0.6 is 0 Å². The molecule has 0 bridgehead atoms. The molecule has 0 unspecified atom stereocenters. The van der Waals surface area contributed by atoms with Gasteiger partial charge in [-0.2, -0.15) is 0 Å². The molecule has 0 heterocycles. The van der Waals surface area contributed by atoms with Gasteiger partial charge in [0, 0.05) is 15.3 Å². The van der Waals surface area contributed by atoms with Crippen LogP contribution in [0.1, 0.15) is 0 Å². The zero-order valence-corrected chi connectivity index (χ0v) is 4.58. The minimum Gasteiger partial charge on any atom is -0.292 e. The molecule has 1 radical (unpaired) electrons. The van der Waals surface area contributed by atoms with Crippen LogP contribution in [0.25, 0.3) is 0 Å². The summed E-state index contributed by atoms with van der Waals surface area (Å²) in [5, 5.41) is 7.27. The zero-order chi connectivity index (χ0) is 8.53. The first-order valence-electron chi connectivity index (χ1n) is 1.83. The monoisotopic (exact) mass is 177 g/mol. The molecule has 0 aromatic heterocycles. The average Bonchev–Trinajstić information content (AvgIpc) is 2.01. The highest BCUT2D eigenvalue weighted by molar-refractivity contribution is 4.61. The van der Waals surface area contributed by atoms with Gasteiger partial charge in [0.1, 0.15) is 0 Å². The minimum absolute atomic E-state index is 1.22. The van der Waals surface area contributed by atoms with Crippen LogP contribution in [0.15, 0.2) is 5.95 Å². The third kappa shape index (κ3) is 5.26. The van der Waals surface area contributed by atoms with Crippen LogP contribution in [0.3, 0.4) is 0 Å². The number of hydrogen-bond acceptors (Lipinski definition) is 6. The van der Waals surface area contributed by atoms with Gasteiger partial charge < -0.3 is 0 Å². The summed E-state index contributed by atoms with van der Waals surface area (Å²) in [6.45, 7) is 0. The predicted octanol–water partition coefficient (Wildman–Crippen LogP) is 1.09. The molecule has 0 aromatic carbocycles. The van der Waals surface area contributed by atoms with Crippen LogP contribution in [-0.2, 0) is 29.9 Å². The van der Waals surface area contributed by atoms with E-state index in [2.05, 4.69) is 29.9 Å². The summed E-state index contributed by atoms with van der Waals surface area (Å²) in [6, 6.07) is 0. The maximum atomic E-state index is 10.8. The van der Waals surface area contributed by atoms with Crippen LogP contribution in [0, 0.1) is 6.26 Å². The lowest BCUT2D eigenvalue weighted by Crippen LogP contribution is -1.95. The third-order valence-corrected chi connectivity index (χ3v) is 0.371. The van der Waals surface area contributed by atoms with Crippen molar-refractivity contribution in [2.45, 2.75) is 0 Å². The molecule has 0 N–H and O–H groups in total. The zero-order valence-electron chi connectivity index (χ0n) is 4.58. The number of rotatable bonds is 6. The van der Waals surface area contributed by atoms with Gasteiger partial charge in [0.25, 0.3) is 0 Å². The number of hydrogen-bond donors (Lipinski definition) is 0. The van der Waals surface area contributed by atoms with E-state index >= 15 is 0 Å². The second kappa shape index (κ2) is 6.92. The van der Waals surface area contributed by atoms with Gasteiger partial charge in [0.2, 0.25) is 0 Å². The first-order chi connectivity index (χ1) is 5.35. The Morgan fingerprint density at radius 2 is 1.45 bits per heavy atom. The van der Waals surface area contributed by atoms with E-state index in [0.29, 0.717) is 0 Å². The van der Waals surface area contributed by atoms with Gasteiger partial charge in [-0.1, -0.05) is 0 Å². The van der Waals surface area contributed by atoms with Crippen LogP contribution in [0.5, 0.6) is 0 Å². The van der Waals surface area contributed by atoms with Crippen molar-refractivity contribution < 1.29 is 43.5 Å². The summed E-state index contributed by atoms with van der Waals surface area (Å²) in [7, 11) is 0. The Morgan fingerprint density at radius 3 is 1.82 bits per heavy atom. The van der Waals surface area contributed by atoms with Crippen molar-refractivity contribution in [2.75, 3.05) is 0 Å². The molecule has 0 amide bonds. The quantitative estimate of drug-likeness (QED) is 0.343. The SMILES string of the molecule is FOO[C]=C(OOF)OOF. The Hall–Kier alpha value is -1.19. The fourth-order valence-corrected chi connectivity index (χ4v) is 0.155. The summed E-state index contributed by atoms with van der Waals surface area (Å²) in [4.78, 5) is 9.73. The normalized spacial score (nSPS) is 8.64. The highest BCUT2D eigenvalue weighted by atomic mass is 19.3. The topological polar surface area (TPSA) is 55.4 Å². The first kappa shape index (κ1) is 9.81. The molecule has 0 aliphatic rings. The number of halogens is 3.